The summed E-state index contributed by atoms with van der Waals surface area (Å²) in [6.07, 6.45) is 0. The second kappa shape index (κ2) is 3.45. The minimum absolute atomic E-state index is 0.598. The van der Waals surface area contributed by atoms with E-state index in [1.807, 2.05) is 0 Å². The van der Waals surface area contributed by atoms with Crippen LogP contribution in [0.5, 0.6) is 0 Å². The molecule has 2 aromatic carbocycles. The largest absolute Gasteiger partial charge is 0.0613 e. The molecule has 0 heterocycles. The molecule has 0 saturated heterocycles. The van der Waals surface area contributed by atoms with Crippen molar-refractivity contribution in [3.05, 3.63) is 47.5 Å². The molecule has 2 aromatic rings. The first kappa shape index (κ1) is 9.26. The van der Waals surface area contributed by atoms with Crippen LogP contribution in [0.3, 0.4) is 0 Å². The Kier molecular flexibility index (Phi) is 2.28. The van der Waals surface area contributed by atoms with E-state index in [4.69, 9.17) is 0 Å². The number of fused-ring (bicyclic) bond motifs is 1. The number of aryl methyl sites for hydroxylation is 1. The van der Waals surface area contributed by atoms with Gasteiger partial charge in [0.15, 0.2) is 0 Å². The van der Waals surface area contributed by atoms with Gasteiger partial charge in [-0.15, -0.1) is 0 Å². The predicted molar refractivity (Wildman–Crippen MR) is 62.8 cm³/mol. The van der Waals surface area contributed by atoms with Gasteiger partial charge in [-0.3, -0.25) is 0 Å². The zero-order chi connectivity index (χ0) is 10.1. The van der Waals surface area contributed by atoms with Crippen LogP contribution in [-0.2, 0) is 0 Å². The Morgan fingerprint density at radius 1 is 1.00 bits per heavy atom. The lowest BCUT2D eigenvalue weighted by Gasteiger charge is -2.10. The zero-order valence-corrected chi connectivity index (χ0v) is 9.04. The van der Waals surface area contributed by atoms with Crippen LogP contribution < -0.4 is 0 Å². The van der Waals surface area contributed by atoms with Crippen molar-refractivity contribution in [3.63, 3.8) is 0 Å². The van der Waals surface area contributed by atoms with E-state index < -0.39 is 0 Å². The summed E-state index contributed by atoms with van der Waals surface area (Å²) in [6.45, 7) is 6.64. The van der Waals surface area contributed by atoms with Gasteiger partial charge < -0.3 is 0 Å². The lowest BCUT2D eigenvalue weighted by molar-refractivity contribution is 0.876. The molecule has 0 aliphatic carbocycles. The number of hydrogen-bond donors (Lipinski definition) is 0. The fourth-order valence-corrected chi connectivity index (χ4v) is 1.91. The van der Waals surface area contributed by atoms with E-state index in [0.717, 1.165) is 0 Å². The summed E-state index contributed by atoms with van der Waals surface area (Å²) in [5.74, 6) is 0.598. The first-order valence-electron chi connectivity index (χ1n) is 5.18. The molecule has 0 nitrogen and oxygen atoms in total. The first-order chi connectivity index (χ1) is 6.68. The van der Waals surface area contributed by atoms with Gasteiger partial charge in [-0.1, -0.05) is 55.8 Å². The molecule has 0 N–H and O–H groups in total. The molecule has 0 heteroatoms. The molecule has 0 atom stereocenters. The quantitative estimate of drug-likeness (QED) is 0.620. The van der Waals surface area contributed by atoms with Crippen molar-refractivity contribution < 1.29 is 0 Å². The highest BCUT2D eigenvalue weighted by Crippen LogP contribution is 2.25. The lowest BCUT2D eigenvalue weighted by Crippen LogP contribution is -1.89. The highest BCUT2D eigenvalue weighted by molar-refractivity contribution is 5.86. The van der Waals surface area contributed by atoms with E-state index >= 15 is 0 Å². The average molecular weight is 184 g/mol. The molecule has 14 heavy (non-hydrogen) atoms. The third-order valence-corrected chi connectivity index (χ3v) is 2.69. The molecule has 0 aliphatic heterocycles. The number of rotatable bonds is 1. The van der Waals surface area contributed by atoms with Gasteiger partial charge in [-0.05, 0) is 29.2 Å². The molecule has 0 unspecified atom stereocenters. The maximum Gasteiger partial charge on any atom is -0.0147 e. The summed E-state index contributed by atoms with van der Waals surface area (Å²) in [5.41, 5.74) is 2.79. The molecular formula is C14H16. The molecule has 72 valence electrons. The monoisotopic (exact) mass is 184 g/mol. The van der Waals surface area contributed by atoms with Gasteiger partial charge in [-0.25, -0.2) is 0 Å². The third kappa shape index (κ3) is 1.52. The Balaban J connectivity index is 2.77. The molecule has 2 rings (SSSR count). The molecule has 0 aromatic heterocycles. The minimum atomic E-state index is 0.598. The van der Waals surface area contributed by atoms with Gasteiger partial charge in [0.1, 0.15) is 0 Å². The van der Waals surface area contributed by atoms with E-state index in [9.17, 15) is 0 Å². The fourth-order valence-electron chi connectivity index (χ4n) is 1.91. The average Bonchev–Trinajstić information content (AvgIpc) is 2.16. The summed E-state index contributed by atoms with van der Waals surface area (Å²) in [6, 6.07) is 13.2. The van der Waals surface area contributed by atoms with Crippen molar-refractivity contribution in [1.82, 2.24) is 0 Å². The van der Waals surface area contributed by atoms with Crippen molar-refractivity contribution in [2.24, 2.45) is 0 Å². The number of hydrogen-bond acceptors (Lipinski definition) is 0. The fraction of sp³-hybridized carbons (Fsp3) is 0.286. The molecule has 0 aliphatic rings. The predicted octanol–water partition coefficient (Wildman–Crippen LogP) is 4.27. The van der Waals surface area contributed by atoms with E-state index in [1.54, 1.807) is 0 Å². The lowest BCUT2D eigenvalue weighted by atomic mass is 9.95. The van der Waals surface area contributed by atoms with Crippen LogP contribution in [0, 0.1) is 6.92 Å². The summed E-state index contributed by atoms with van der Waals surface area (Å²) in [7, 11) is 0. The molecule has 0 saturated carbocycles. The zero-order valence-electron chi connectivity index (χ0n) is 9.04. The van der Waals surface area contributed by atoms with E-state index in [2.05, 4.69) is 57.2 Å². The van der Waals surface area contributed by atoms with Crippen molar-refractivity contribution in [3.8, 4) is 0 Å². The summed E-state index contributed by atoms with van der Waals surface area (Å²) >= 11 is 0. The van der Waals surface area contributed by atoms with Crippen molar-refractivity contribution in [1.29, 1.82) is 0 Å². The van der Waals surface area contributed by atoms with Gasteiger partial charge in [0, 0.05) is 0 Å². The summed E-state index contributed by atoms with van der Waals surface area (Å²) < 4.78 is 0. The standard InChI is InChI=1S/C14H16/c1-10(2)13-6-4-5-12-8-7-11(3)9-14(12)13/h4-10H,1-3H3. The van der Waals surface area contributed by atoms with E-state index in [0.29, 0.717) is 5.92 Å². The normalized spacial score (nSPS) is 11.1. The molecule has 0 spiro atoms. The topological polar surface area (TPSA) is 0 Å². The highest BCUT2D eigenvalue weighted by Gasteiger charge is 2.03. The smallest absolute Gasteiger partial charge is 0.0147 e. The van der Waals surface area contributed by atoms with Crippen LogP contribution in [0.1, 0.15) is 30.9 Å². The molecule has 0 amide bonds. The van der Waals surface area contributed by atoms with Crippen molar-refractivity contribution in [2.75, 3.05) is 0 Å². The second-order valence-corrected chi connectivity index (χ2v) is 4.23. The van der Waals surface area contributed by atoms with Crippen LogP contribution in [-0.4, -0.2) is 0 Å². The van der Waals surface area contributed by atoms with Gasteiger partial charge in [0.25, 0.3) is 0 Å². The molecule has 0 bridgehead atoms. The Bertz CT molecular complexity index is 453. The third-order valence-electron chi connectivity index (χ3n) is 2.69. The Labute approximate surface area is 85.6 Å². The SMILES string of the molecule is Cc1ccc2cccc(C(C)C)c2c1. The van der Waals surface area contributed by atoms with E-state index in [-0.39, 0.29) is 0 Å². The van der Waals surface area contributed by atoms with Gasteiger partial charge >= 0.3 is 0 Å². The van der Waals surface area contributed by atoms with Crippen LogP contribution in [0.25, 0.3) is 10.8 Å². The van der Waals surface area contributed by atoms with Crippen LogP contribution in [0.4, 0.5) is 0 Å². The van der Waals surface area contributed by atoms with Crippen molar-refractivity contribution >= 4 is 10.8 Å². The van der Waals surface area contributed by atoms with E-state index in [1.165, 1.54) is 21.9 Å². The molecule has 0 fully saturated rings. The van der Waals surface area contributed by atoms with Gasteiger partial charge in [-0.2, -0.15) is 0 Å². The summed E-state index contributed by atoms with van der Waals surface area (Å²) in [5, 5.41) is 2.75. The Hall–Kier alpha value is -1.30. The van der Waals surface area contributed by atoms with Crippen LogP contribution >= 0.6 is 0 Å². The second-order valence-electron chi connectivity index (χ2n) is 4.23. The molecule has 0 radical (unpaired) electrons. The summed E-state index contributed by atoms with van der Waals surface area (Å²) in [4.78, 5) is 0. The maximum absolute atomic E-state index is 2.28. The Morgan fingerprint density at radius 3 is 2.50 bits per heavy atom. The minimum Gasteiger partial charge on any atom is -0.0613 e. The maximum atomic E-state index is 2.28. The molecular weight excluding hydrogens is 168 g/mol. The number of benzene rings is 2. The van der Waals surface area contributed by atoms with Crippen LogP contribution in [0.2, 0.25) is 0 Å². The highest BCUT2D eigenvalue weighted by atomic mass is 14.1. The van der Waals surface area contributed by atoms with Gasteiger partial charge in [0.2, 0.25) is 0 Å². The van der Waals surface area contributed by atoms with Gasteiger partial charge in [0.05, 0.1) is 0 Å². The van der Waals surface area contributed by atoms with Crippen LogP contribution in [0.15, 0.2) is 36.4 Å². The van der Waals surface area contributed by atoms with Crippen molar-refractivity contribution in [2.45, 2.75) is 26.7 Å². The Morgan fingerprint density at radius 2 is 1.79 bits per heavy atom. The first-order valence-corrected chi connectivity index (χ1v) is 5.18.